The molecule has 2 nitrogen and oxygen atoms in total. The van der Waals surface area contributed by atoms with Crippen molar-refractivity contribution in [2.24, 2.45) is 0 Å². The van der Waals surface area contributed by atoms with Crippen molar-refractivity contribution in [1.29, 1.82) is 0 Å². The van der Waals surface area contributed by atoms with Crippen LogP contribution in [0.2, 0.25) is 0 Å². The molecule has 2 heterocycles. The highest BCUT2D eigenvalue weighted by atomic mass is 16.5. The predicted molar refractivity (Wildman–Crippen MR) is 35.4 cm³/mol. The van der Waals surface area contributed by atoms with E-state index in [4.69, 9.17) is 4.74 Å². The molecule has 1 atom stereocenters. The van der Waals surface area contributed by atoms with Crippen molar-refractivity contribution in [2.45, 2.75) is 31.3 Å². The first kappa shape index (κ1) is 5.69. The average Bonchev–Trinajstić information content (AvgIpc) is 2.09. The van der Waals surface area contributed by atoms with E-state index < -0.39 is 0 Å². The van der Waals surface area contributed by atoms with Gasteiger partial charge >= 0.3 is 0 Å². The van der Waals surface area contributed by atoms with Crippen LogP contribution in [0, 0.1) is 0 Å². The zero-order valence-corrected chi connectivity index (χ0v) is 5.81. The summed E-state index contributed by atoms with van der Waals surface area (Å²) in [6.07, 6.45) is 2.64. The monoisotopic (exact) mass is 127 g/mol. The lowest BCUT2D eigenvalue weighted by atomic mass is 9.96. The Labute approximate surface area is 55.6 Å². The molecular formula is C7H13NO. The first-order valence-electron chi connectivity index (χ1n) is 3.66. The molecule has 0 aromatic carbocycles. The molecule has 2 aliphatic rings. The van der Waals surface area contributed by atoms with Crippen molar-refractivity contribution in [3.8, 4) is 0 Å². The molecule has 2 rings (SSSR count). The Morgan fingerprint density at radius 3 is 2.56 bits per heavy atom. The minimum atomic E-state index is 0.416. The second-order valence-electron chi connectivity index (χ2n) is 3.36. The van der Waals surface area contributed by atoms with Gasteiger partial charge in [-0.15, -0.1) is 0 Å². The molecule has 0 aliphatic carbocycles. The predicted octanol–water partition coefficient (Wildman–Crippen LogP) is 0.527. The van der Waals surface area contributed by atoms with Crippen molar-refractivity contribution in [1.82, 2.24) is 5.32 Å². The van der Waals surface area contributed by atoms with Crippen LogP contribution >= 0.6 is 0 Å². The van der Waals surface area contributed by atoms with Crippen LogP contribution in [-0.2, 0) is 4.74 Å². The maximum atomic E-state index is 5.15. The molecule has 1 spiro atoms. The van der Waals surface area contributed by atoms with E-state index in [0.717, 1.165) is 13.2 Å². The topological polar surface area (TPSA) is 21.3 Å². The highest BCUT2D eigenvalue weighted by Gasteiger charge is 2.42. The molecule has 0 radical (unpaired) electrons. The van der Waals surface area contributed by atoms with Gasteiger partial charge in [0.05, 0.1) is 18.8 Å². The van der Waals surface area contributed by atoms with Gasteiger partial charge in [-0.2, -0.15) is 0 Å². The summed E-state index contributed by atoms with van der Waals surface area (Å²) in [5.41, 5.74) is 0.416. The summed E-state index contributed by atoms with van der Waals surface area (Å²) < 4.78 is 5.15. The Balaban J connectivity index is 1.99. The second-order valence-corrected chi connectivity index (χ2v) is 3.36. The fourth-order valence-corrected chi connectivity index (χ4v) is 1.74. The summed E-state index contributed by atoms with van der Waals surface area (Å²) in [5.74, 6) is 0. The Bertz CT molecular complexity index is 120. The van der Waals surface area contributed by atoms with Gasteiger partial charge in [-0.25, -0.2) is 0 Å². The molecule has 0 aromatic rings. The number of nitrogens with one attached hydrogen (secondary N) is 1. The quantitative estimate of drug-likeness (QED) is 0.512. The fraction of sp³-hybridized carbons (Fsp3) is 1.00. The van der Waals surface area contributed by atoms with Gasteiger partial charge in [-0.05, 0) is 19.8 Å². The van der Waals surface area contributed by atoms with Crippen molar-refractivity contribution < 1.29 is 4.74 Å². The highest BCUT2D eigenvalue weighted by Crippen LogP contribution is 2.29. The zero-order valence-electron chi connectivity index (χ0n) is 5.81. The Hall–Kier alpha value is -0.0800. The lowest BCUT2D eigenvalue weighted by Crippen LogP contribution is -2.57. The summed E-state index contributed by atoms with van der Waals surface area (Å²) in [6.45, 7) is 4.13. The number of hydrogen-bond acceptors (Lipinski definition) is 2. The molecule has 2 saturated heterocycles. The van der Waals surface area contributed by atoms with Crippen LogP contribution in [-0.4, -0.2) is 24.8 Å². The largest absolute Gasteiger partial charge is 0.377 e. The molecule has 0 aromatic heterocycles. The number of hydrogen-bond donors (Lipinski definition) is 1. The first-order chi connectivity index (χ1) is 4.31. The number of rotatable bonds is 0. The van der Waals surface area contributed by atoms with Gasteiger partial charge in [-0.1, -0.05) is 0 Å². The summed E-state index contributed by atoms with van der Waals surface area (Å²) in [6, 6.07) is 0.717. The van der Waals surface area contributed by atoms with E-state index in [2.05, 4.69) is 12.2 Å². The molecule has 0 saturated carbocycles. The summed E-state index contributed by atoms with van der Waals surface area (Å²) in [7, 11) is 0. The van der Waals surface area contributed by atoms with Crippen LogP contribution in [0.3, 0.4) is 0 Å². The molecule has 52 valence electrons. The minimum absolute atomic E-state index is 0.416. The average molecular weight is 127 g/mol. The molecule has 1 N–H and O–H groups in total. The molecule has 2 heteroatoms. The van der Waals surface area contributed by atoms with Crippen molar-refractivity contribution in [3.63, 3.8) is 0 Å². The van der Waals surface area contributed by atoms with Gasteiger partial charge in [0.25, 0.3) is 0 Å². The summed E-state index contributed by atoms with van der Waals surface area (Å²) in [5, 5.41) is 3.54. The maximum absolute atomic E-state index is 5.15. The standard InChI is InChI=1S/C7H13NO/c1-6-2-3-7(8-6)4-9-5-7/h6,8H,2-5H2,1H3. The van der Waals surface area contributed by atoms with E-state index in [0.29, 0.717) is 11.6 Å². The Morgan fingerprint density at radius 1 is 1.56 bits per heavy atom. The van der Waals surface area contributed by atoms with Crippen LogP contribution in [0.25, 0.3) is 0 Å². The van der Waals surface area contributed by atoms with Crippen molar-refractivity contribution in [3.05, 3.63) is 0 Å². The Kier molecular flexibility index (Phi) is 1.08. The maximum Gasteiger partial charge on any atom is 0.0672 e. The van der Waals surface area contributed by atoms with Gasteiger partial charge in [0.1, 0.15) is 0 Å². The van der Waals surface area contributed by atoms with Crippen LogP contribution in [0.1, 0.15) is 19.8 Å². The third kappa shape index (κ3) is 0.775. The summed E-state index contributed by atoms with van der Waals surface area (Å²) >= 11 is 0. The lowest BCUT2D eigenvalue weighted by molar-refractivity contribution is -0.0659. The van der Waals surface area contributed by atoms with Gasteiger partial charge in [0, 0.05) is 6.04 Å². The molecule has 1 unspecified atom stereocenters. The van der Waals surface area contributed by atoms with E-state index in [9.17, 15) is 0 Å². The SMILES string of the molecule is CC1CCC2(COC2)N1. The summed E-state index contributed by atoms with van der Waals surface area (Å²) in [4.78, 5) is 0. The van der Waals surface area contributed by atoms with E-state index in [1.807, 2.05) is 0 Å². The van der Waals surface area contributed by atoms with Gasteiger partial charge < -0.3 is 10.1 Å². The van der Waals surface area contributed by atoms with Crippen LogP contribution in [0.5, 0.6) is 0 Å². The third-order valence-corrected chi connectivity index (χ3v) is 2.37. The minimum Gasteiger partial charge on any atom is -0.377 e. The number of ether oxygens (including phenoxy) is 1. The van der Waals surface area contributed by atoms with Gasteiger partial charge in [-0.3, -0.25) is 0 Å². The molecule has 2 fully saturated rings. The van der Waals surface area contributed by atoms with E-state index in [-0.39, 0.29) is 0 Å². The zero-order chi connectivity index (χ0) is 6.32. The van der Waals surface area contributed by atoms with Crippen LogP contribution in [0.4, 0.5) is 0 Å². The highest BCUT2D eigenvalue weighted by molar-refractivity contribution is 5.00. The van der Waals surface area contributed by atoms with Crippen LogP contribution in [0.15, 0.2) is 0 Å². The molecule has 0 amide bonds. The molecule has 2 aliphatic heterocycles. The first-order valence-corrected chi connectivity index (χ1v) is 3.66. The molecule has 0 bridgehead atoms. The van der Waals surface area contributed by atoms with E-state index in [1.165, 1.54) is 12.8 Å². The smallest absolute Gasteiger partial charge is 0.0672 e. The van der Waals surface area contributed by atoms with E-state index >= 15 is 0 Å². The van der Waals surface area contributed by atoms with Crippen LogP contribution < -0.4 is 5.32 Å². The fourth-order valence-electron chi connectivity index (χ4n) is 1.74. The lowest BCUT2D eigenvalue weighted by Gasteiger charge is -2.38. The molecular weight excluding hydrogens is 114 g/mol. The van der Waals surface area contributed by atoms with Gasteiger partial charge in [0.15, 0.2) is 0 Å². The van der Waals surface area contributed by atoms with E-state index in [1.54, 1.807) is 0 Å². The second kappa shape index (κ2) is 1.70. The van der Waals surface area contributed by atoms with Crippen molar-refractivity contribution in [2.75, 3.05) is 13.2 Å². The van der Waals surface area contributed by atoms with Gasteiger partial charge in [0.2, 0.25) is 0 Å². The van der Waals surface area contributed by atoms with Crippen molar-refractivity contribution >= 4 is 0 Å². The normalized spacial score (nSPS) is 39.0. The Morgan fingerprint density at radius 2 is 2.33 bits per heavy atom. The molecule has 9 heavy (non-hydrogen) atoms. The third-order valence-electron chi connectivity index (χ3n) is 2.37.